The number of benzene rings is 2. The minimum Gasteiger partial charge on any atom is -0.363 e. The van der Waals surface area contributed by atoms with Gasteiger partial charge >= 0.3 is 0 Å². The van der Waals surface area contributed by atoms with Gasteiger partial charge in [0.2, 0.25) is 0 Å². The number of halogens is 2. The van der Waals surface area contributed by atoms with Crippen LogP contribution in [0, 0.1) is 18.6 Å². The number of imidazole rings is 1. The van der Waals surface area contributed by atoms with Crippen LogP contribution in [0.1, 0.15) is 11.3 Å². The second-order valence-electron chi connectivity index (χ2n) is 7.12. The number of hydrogen-bond donors (Lipinski definition) is 2. The van der Waals surface area contributed by atoms with Crippen LogP contribution in [0.2, 0.25) is 0 Å². The topological polar surface area (TPSA) is 88.5 Å². The second kappa shape index (κ2) is 7.28. The number of aromatic nitrogens is 5. The Kier molecular flexibility index (Phi) is 4.43. The van der Waals surface area contributed by atoms with E-state index < -0.39 is 11.6 Å². The maximum Gasteiger partial charge on any atom is 0.263 e. The van der Waals surface area contributed by atoms with Crippen molar-refractivity contribution in [3.63, 3.8) is 0 Å². The highest BCUT2D eigenvalue weighted by molar-refractivity contribution is 5.86. The largest absolute Gasteiger partial charge is 0.363 e. The van der Waals surface area contributed by atoms with Gasteiger partial charge in [0.15, 0.2) is 11.5 Å². The number of fused-ring (bicyclic) bond motifs is 2. The third kappa shape index (κ3) is 3.29. The Bertz CT molecular complexity index is 1490. The van der Waals surface area contributed by atoms with E-state index in [1.54, 1.807) is 0 Å². The molecule has 0 radical (unpaired) electrons. The van der Waals surface area contributed by atoms with Gasteiger partial charge in [-0.05, 0) is 36.1 Å². The summed E-state index contributed by atoms with van der Waals surface area (Å²) < 4.78 is 29.2. The van der Waals surface area contributed by atoms with Gasteiger partial charge in [-0.25, -0.2) is 23.7 Å². The Balaban J connectivity index is 1.69. The summed E-state index contributed by atoms with van der Waals surface area (Å²) in [7, 11) is 0. The SMILES string of the molecule is Cc1cccc2cc(CNc3ncnc4nc[nH]c34)n(-c3cc(F)cc(F)c3)c(=O)c12. The number of hydrogen-bond acceptors (Lipinski definition) is 5. The van der Waals surface area contributed by atoms with Crippen molar-refractivity contribution in [2.75, 3.05) is 5.32 Å². The summed E-state index contributed by atoms with van der Waals surface area (Å²) in [6.45, 7) is 2.00. The van der Waals surface area contributed by atoms with E-state index in [1.807, 2.05) is 31.2 Å². The van der Waals surface area contributed by atoms with Gasteiger partial charge < -0.3 is 10.3 Å². The number of rotatable bonds is 4. The first-order valence-electron chi connectivity index (χ1n) is 9.50. The minimum atomic E-state index is -0.763. The quantitative estimate of drug-likeness (QED) is 0.463. The first kappa shape index (κ1) is 18.9. The molecule has 0 spiro atoms. The third-order valence-electron chi connectivity index (χ3n) is 5.10. The third-order valence-corrected chi connectivity index (χ3v) is 5.10. The lowest BCUT2D eigenvalue weighted by Gasteiger charge is -2.17. The molecule has 0 amide bonds. The molecule has 9 heteroatoms. The molecule has 5 rings (SSSR count). The normalized spacial score (nSPS) is 11.3. The van der Waals surface area contributed by atoms with Gasteiger partial charge in [0.1, 0.15) is 23.5 Å². The molecule has 3 heterocycles. The van der Waals surface area contributed by atoms with Crippen LogP contribution in [0.15, 0.2) is 59.9 Å². The molecule has 154 valence electrons. The van der Waals surface area contributed by atoms with E-state index in [1.165, 1.54) is 17.2 Å². The maximum absolute atomic E-state index is 14.0. The number of H-pyrrole nitrogens is 1. The van der Waals surface area contributed by atoms with Gasteiger partial charge in [-0.3, -0.25) is 9.36 Å². The Morgan fingerprint density at radius 1 is 1.06 bits per heavy atom. The van der Waals surface area contributed by atoms with E-state index in [0.717, 1.165) is 29.1 Å². The molecule has 0 aliphatic rings. The van der Waals surface area contributed by atoms with Crippen LogP contribution in [-0.2, 0) is 6.54 Å². The fourth-order valence-electron chi connectivity index (χ4n) is 3.74. The van der Waals surface area contributed by atoms with Gasteiger partial charge in [-0.1, -0.05) is 18.2 Å². The van der Waals surface area contributed by atoms with Crippen LogP contribution in [0.3, 0.4) is 0 Å². The highest BCUT2D eigenvalue weighted by atomic mass is 19.1. The molecule has 0 saturated carbocycles. The number of pyridine rings is 1. The molecule has 0 saturated heterocycles. The monoisotopic (exact) mass is 418 g/mol. The van der Waals surface area contributed by atoms with Gasteiger partial charge in [0, 0.05) is 11.8 Å². The molecule has 2 aromatic carbocycles. The number of aryl methyl sites for hydroxylation is 1. The summed E-state index contributed by atoms with van der Waals surface area (Å²) in [6, 6.07) is 10.4. The van der Waals surface area contributed by atoms with E-state index in [9.17, 15) is 13.6 Å². The van der Waals surface area contributed by atoms with Gasteiger partial charge in [0.25, 0.3) is 5.56 Å². The summed E-state index contributed by atoms with van der Waals surface area (Å²) in [5, 5.41) is 4.40. The first-order valence-corrected chi connectivity index (χ1v) is 9.50. The second-order valence-corrected chi connectivity index (χ2v) is 7.12. The molecular weight excluding hydrogens is 402 g/mol. The van der Waals surface area contributed by atoms with Gasteiger partial charge in [-0.15, -0.1) is 0 Å². The molecule has 0 aliphatic carbocycles. The Labute approximate surface area is 174 Å². The van der Waals surface area contributed by atoms with Crippen molar-refractivity contribution in [3.05, 3.63) is 88.4 Å². The lowest BCUT2D eigenvalue weighted by molar-refractivity contribution is 0.581. The van der Waals surface area contributed by atoms with Crippen molar-refractivity contribution >= 4 is 27.8 Å². The highest BCUT2D eigenvalue weighted by Crippen LogP contribution is 2.22. The van der Waals surface area contributed by atoms with Crippen molar-refractivity contribution in [2.24, 2.45) is 0 Å². The summed E-state index contributed by atoms with van der Waals surface area (Å²) in [5.74, 6) is -1.03. The molecule has 5 aromatic rings. The van der Waals surface area contributed by atoms with Gasteiger partial charge in [0.05, 0.1) is 23.9 Å². The van der Waals surface area contributed by atoms with E-state index in [2.05, 4.69) is 25.3 Å². The number of nitrogens with one attached hydrogen (secondary N) is 2. The summed E-state index contributed by atoms with van der Waals surface area (Å²) in [6.07, 6.45) is 2.89. The van der Waals surface area contributed by atoms with Crippen LogP contribution in [-0.4, -0.2) is 24.5 Å². The Morgan fingerprint density at radius 2 is 1.87 bits per heavy atom. The molecule has 0 aliphatic heterocycles. The number of anilines is 1. The molecule has 0 atom stereocenters. The van der Waals surface area contributed by atoms with E-state index >= 15 is 0 Å². The molecule has 0 bridgehead atoms. The van der Waals surface area contributed by atoms with E-state index in [4.69, 9.17) is 0 Å². The van der Waals surface area contributed by atoms with Crippen molar-refractivity contribution < 1.29 is 8.78 Å². The molecule has 31 heavy (non-hydrogen) atoms. The van der Waals surface area contributed by atoms with Crippen molar-refractivity contribution in [3.8, 4) is 5.69 Å². The van der Waals surface area contributed by atoms with Gasteiger partial charge in [-0.2, -0.15) is 0 Å². The predicted molar refractivity (Wildman–Crippen MR) is 113 cm³/mol. The summed E-state index contributed by atoms with van der Waals surface area (Å²) in [4.78, 5) is 28.8. The number of nitrogens with zero attached hydrogens (tertiary/aromatic N) is 4. The zero-order valence-electron chi connectivity index (χ0n) is 16.4. The Morgan fingerprint density at radius 3 is 2.68 bits per heavy atom. The van der Waals surface area contributed by atoms with E-state index in [-0.39, 0.29) is 17.8 Å². The minimum absolute atomic E-state index is 0.110. The van der Waals surface area contributed by atoms with Crippen LogP contribution >= 0.6 is 0 Å². The fourth-order valence-corrected chi connectivity index (χ4v) is 3.74. The number of aromatic amines is 1. The van der Waals surface area contributed by atoms with Crippen LogP contribution in [0.4, 0.5) is 14.6 Å². The fraction of sp³-hybridized carbons (Fsp3) is 0.0909. The zero-order chi connectivity index (χ0) is 21.5. The molecular formula is C22H16F2N6O. The predicted octanol–water partition coefficient (Wildman–Crippen LogP) is 3.86. The summed E-state index contributed by atoms with van der Waals surface area (Å²) in [5.41, 5.74) is 2.16. The van der Waals surface area contributed by atoms with Crippen molar-refractivity contribution in [2.45, 2.75) is 13.5 Å². The van der Waals surface area contributed by atoms with Crippen LogP contribution in [0.5, 0.6) is 0 Å². The molecule has 2 N–H and O–H groups in total. The maximum atomic E-state index is 14.0. The van der Waals surface area contributed by atoms with E-state index in [0.29, 0.717) is 28.1 Å². The smallest absolute Gasteiger partial charge is 0.263 e. The standard InChI is InChI=1S/C22H16F2N6O/c1-12-3-2-4-13-5-17(9-25-20-19-21(27-10-26-19)29-11-28-20)30(22(31)18(12)13)16-7-14(23)6-15(24)8-16/h2-8,10-11H,9H2,1H3,(H2,25,26,27,28,29). The van der Waals surface area contributed by atoms with Crippen molar-refractivity contribution in [1.29, 1.82) is 0 Å². The summed E-state index contributed by atoms with van der Waals surface area (Å²) >= 11 is 0. The van der Waals surface area contributed by atoms with Crippen LogP contribution < -0.4 is 10.9 Å². The molecule has 3 aromatic heterocycles. The first-order chi connectivity index (χ1) is 15.0. The lowest BCUT2D eigenvalue weighted by Crippen LogP contribution is -2.24. The van der Waals surface area contributed by atoms with Crippen molar-refractivity contribution in [1.82, 2.24) is 24.5 Å². The average molecular weight is 418 g/mol. The average Bonchev–Trinajstić information content (AvgIpc) is 3.21. The highest BCUT2D eigenvalue weighted by Gasteiger charge is 2.15. The van der Waals surface area contributed by atoms with Crippen LogP contribution in [0.25, 0.3) is 27.6 Å². The zero-order valence-corrected chi connectivity index (χ0v) is 16.4. The molecule has 7 nitrogen and oxygen atoms in total. The molecule has 0 fully saturated rings. The molecule has 0 unspecified atom stereocenters. The lowest BCUT2D eigenvalue weighted by atomic mass is 10.1. The Hall–Kier alpha value is -4.14.